The quantitative estimate of drug-likeness (QED) is 0.0950. The predicted octanol–water partition coefficient (Wildman–Crippen LogP) is 5.06. The molecule has 45 heavy (non-hydrogen) atoms. The van der Waals surface area contributed by atoms with Crippen LogP contribution in [0.1, 0.15) is 99.3 Å². The SMILES string of the molecule is CCNCC(=O)CCCCCCCNC(=O)OC[C@H](NC(=O)OC1CC[C@]2(CO2)C([C@@]2(C)O[C@@H]2CC=C(C)C)C1OC)C(C)C. The third-order valence-corrected chi connectivity index (χ3v) is 9.47. The van der Waals surface area contributed by atoms with Crippen LogP contribution in [0.5, 0.6) is 0 Å². The smallest absolute Gasteiger partial charge is 0.407 e. The minimum absolute atomic E-state index is 0.0186. The van der Waals surface area contributed by atoms with Crippen molar-refractivity contribution in [1.82, 2.24) is 16.0 Å². The number of ketones is 1. The number of allylic oxidation sites excluding steroid dienone is 1. The Kier molecular flexibility index (Phi) is 14.6. The van der Waals surface area contributed by atoms with E-state index in [4.69, 9.17) is 23.7 Å². The van der Waals surface area contributed by atoms with Gasteiger partial charge in [-0.05, 0) is 65.3 Å². The largest absolute Gasteiger partial charge is 0.447 e. The Labute approximate surface area is 270 Å². The Balaban J connectivity index is 1.38. The lowest BCUT2D eigenvalue weighted by atomic mass is 9.68. The van der Waals surface area contributed by atoms with E-state index in [9.17, 15) is 14.4 Å². The minimum Gasteiger partial charge on any atom is -0.447 e. The monoisotopic (exact) mass is 637 g/mol. The Hall–Kier alpha value is -2.21. The number of likely N-dealkylation sites (N-methyl/N-ethyl adjacent to an activating group) is 1. The van der Waals surface area contributed by atoms with Gasteiger partial charge in [-0.3, -0.25) is 4.79 Å². The van der Waals surface area contributed by atoms with Crippen molar-refractivity contribution in [1.29, 1.82) is 0 Å². The number of hydrogen-bond acceptors (Lipinski definition) is 9. The van der Waals surface area contributed by atoms with E-state index < -0.39 is 29.9 Å². The summed E-state index contributed by atoms with van der Waals surface area (Å²) >= 11 is 0. The lowest BCUT2D eigenvalue weighted by Gasteiger charge is -2.42. The lowest BCUT2D eigenvalue weighted by Crippen LogP contribution is -2.56. The first-order valence-electron chi connectivity index (χ1n) is 17.0. The normalized spacial score (nSPS) is 29.2. The van der Waals surface area contributed by atoms with E-state index >= 15 is 0 Å². The molecule has 1 spiro atoms. The number of unbranched alkanes of at least 4 members (excludes halogenated alkanes) is 4. The Bertz CT molecular complexity index is 996. The van der Waals surface area contributed by atoms with Gasteiger partial charge < -0.3 is 39.6 Å². The maximum absolute atomic E-state index is 13.1. The Morgan fingerprint density at radius 2 is 1.78 bits per heavy atom. The molecule has 3 rings (SSSR count). The average Bonchev–Trinajstić information content (AvgIpc) is 3.91. The molecule has 3 N–H and O–H groups in total. The molecule has 2 amide bonds. The fourth-order valence-corrected chi connectivity index (χ4v) is 6.53. The average molecular weight is 638 g/mol. The number of Topliss-reactive ketones (excluding diaryl/α,β-unsaturated/α-hetero) is 1. The first kappa shape index (κ1) is 37.2. The molecule has 2 saturated heterocycles. The third kappa shape index (κ3) is 11.2. The van der Waals surface area contributed by atoms with Crippen molar-refractivity contribution >= 4 is 18.0 Å². The number of carbonyl (C=O) groups is 3. The Morgan fingerprint density at radius 3 is 2.42 bits per heavy atom. The minimum atomic E-state index is -0.553. The highest BCUT2D eigenvalue weighted by atomic mass is 16.6. The number of nitrogens with one attached hydrogen (secondary N) is 3. The zero-order valence-corrected chi connectivity index (χ0v) is 28.7. The van der Waals surface area contributed by atoms with Crippen LogP contribution in [-0.2, 0) is 28.5 Å². The molecule has 0 bridgehead atoms. The first-order valence-corrected chi connectivity index (χ1v) is 17.0. The number of carbonyl (C=O) groups excluding carboxylic acids is 3. The molecule has 0 radical (unpaired) electrons. The van der Waals surface area contributed by atoms with E-state index in [1.165, 1.54) is 5.57 Å². The molecule has 7 atom stereocenters. The highest BCUT2D eigenvalue weighted by molar-refractivity contribution is 5.80. The number of hydrogen-bond donors (Lipinski definition) is 3. The molecule has 1 saturated carbocycles. The molecule has 11 heteroatoms. The van der Waals surface area contributed by atoms with Gasteiger partial charge in [-0.15, -0.1) is 0 Å². The molecule has 3 unspecified atom stereocenters. The fraction of sp³-hybridized carbons (Fsp3) is 0.853. The van der Waals surface area contributed by atoms with Crippen LogP contribution in [0.4, 0.5) is 9.59 Å². The van der Waals surface area contributed by atoms with Crippen molar-refractivity contribution in [2.45, 2.75) is 135 Å². The summed E-state index contributed by atoms with van der Waals surface area (Å²) in [5.74, 6) is 0.224. The van der Waals surface area contributed by atoms with Gasteiger partial charge in [0.1, 0.15) is 35.8 Å². The number of ether oxygens (including phenoxy) is 5. The van der Waals surface area contributed by atoms with Gasteiger partial charge in [0.15, 0.2) is 0 Å². The number of rotatable bonds is 20. The molecule has 0 aromatic rings. The topological polar surface area (TPSA) is 140 Å². The van der Waals surface area contributed by atoms with Gasteiger partial charge in [0.2, 0.25) is 0 Å². The summed E-state index contributed by atoms with van der Waals surface area (Å²) in [5.41, 5.74) is 0.554. The van der Waals surface area contributed by atoms with Crippen LogP contribution in [-0.4, -0.2) is 93.5 Å². The van der Waals surface area contributed by atoms with Crippen molar-refractivity contribution in [3.63, 3.8) is 0 Å². The highest BCUT2D eigenvalue weighted by Gasteiger charge is 2.72. The molecule has 258 valence electrons. The van der Waals surface area contributed by atoms with Crippen LogP contribution in [0.15, 0.2) is 11.6 Å². The molecule has 2 heterocycles. The van der Waals surface area contributed by atoms with Crippen molar-refractivity contribution in [2.24, 2.45) is 11.8 Å². The molecular formula is C34H59N3O8. The molecule has 0 aromatic heterocycles. The number of epoxide rings is 2. The van der Waals surface area contributed by atoms with Crippen molar-refractivity contribution < 1.29 is 38.1 Å². The number of alkyl carbamates (subject to hydrolysis) is 2. The van der Waals surface area contributed by atoms with Crippen LogP contribution in [0.3, 0.4) is 0 Å². The maximum Gasteiger partial charge on any atom is 0.407 e. The van der Waals surface area contributed by atoms with E-state index in [1.54, 1.807) is 7.11 Å². The summed E-state index contributed by atoms with van der Waals surface area (Å²) in [7, 11) is 1.66. The van der Waals surface area contributed by atoms with Gasteiger partial charge >= 0.3 is 12.2 Å². The van der Waals surface area contributed by atoms with Crippen LogP contribution in [0.25, 0.3) is 0 Å². The zero-order chi connectivity index (χ0) is 33.0. The molecule has 3 fully saturated rings. The summed E-state index contributed by atoms with van der Waals surface area (Å²) in [5, 5.41) is 8.75. The van der Waals surface area contributed by atoms with E-state index in [2.05, 4.69) is 42.8 Å². The van der Waals surface area contributed by atoms with Crippen molar-refractivity contribution in [2.75, 3.05) is 40.0 Å². The van der Waals surface area contributed by atoms with Crippen LogP contribution >= 0.6 is 0 Å². The van der Waals surface area contributed by atoms with E-state index in [0.717, 1.165) is 51.5 Å². The maximum atomic E-state index is 13.1. The van der Waals surface area contributed by atoms with Gasteiger partial charge in [0, 0.05) is 20.1 Å². The Morgan fingerprint density at radius 1 is 1.07 bits per heavy atom. The second-order valence-electron chi connectivity index (χ2n) is 13.7. The molecular weight excluding hydrogens is 578 g/mol. The molecule has 3 aliphatic rings. The molecule has 11 nitrogen and oxygen atoms in total. The third-order valence-electron chi connectivity index (χ3n) is 9.47. The highest BCUT2D eigenvalue weighted by Crippen LogP contribution is 2.59. The molecule has 0 aromatic carbocycles. The number of amides is 2. The van der Waals surface area contributed by atoms with Gasteiger partial charge in [-0.2, -0.15) is 0 Å². The van der Waals surface area contributed by atoms with E-state index in [0.29, 0.717) is 32.5 Å². The predicted molar refractivity (Wildman–Crippen MR) is 172 cm³/mol. The summed E-state index contributed by atoms with van der Waals surface area (Å²) in [6.07, 6.45) is 8.01. The summed E-state index contributed by atoms with van der Waals surface area (Å²) in [4.78, 5) is 37.1. The summed E-state index contributed by atoms with van der Waals surface area (Å²) < 4.78 is 29.6. The summed E-state index contributed by atoms with van der Waals surface area (Å²) in [6.45, 7) is 14.7. The summed E-state index contributed by atoms with van der Waals surface area (Å²) in [6, 6.07) is -0.408. The van der Waals surface area contributed by atoms with Crippen LogP contribution in [0, 0.1) is 11.8 Å². The zero-order valence-electron chi connectivity index (χ0n) is 28.7. The molecule has 1 aliphatic carbocycles. The molecule has 2 aliphatic heterocycles. The van der Waals surface area contributed by atoms with Gasteiger partial charge in [-0.25, -0.2) is 9.59 Å². The van der Waals surface area contributed by atoms with Crippen LogP contribution in [0.2, 0.25) is 0 Å². The number of methoxy groups -OCH3 is 1. The second kappa shape index (κ2) is 17.6. The van der Waals surface area contributed by atoms with Gasteiger partial charge in [0.25, 0.3) is 0 Å². The van der Waals surface area contributed by atoms with Gasteiger partial charge in [0.05, 0.1) is 31.2 Å². The van der Waals surface area contributed by atoms with Crippen molar-refractivity contribution in [3.8, 4) is 0 Å². The first-order chi connectivity index (χ1) is 21.5. The lowest BCUT2D eigenvalue weighted by molar-refractivity contribution is -0.118. The van der Waals surface area contributed by atoms with E-state index in [-0.39, 0.29) is 42.0 Å². The second-order valence-corrected chi connectivity index (χ2v) is 13.7. The standard InChI is InChI=1S/C34H59N3O8/c1-8-35-20-25(38)14-12-10-9-11-13-19-36-31(39)42-21-26(24(4)5)37-32(40)44-27-17-18-34(22-43-34)30(29(27)41-7)33(6)28(45-33)16-15-23(2)3/h15,24,26-30,35H,8-14,16-22H2,1-7H3,(H,36,39)(H,37,40)/t26-,27?,28+,29?,30?,33-,34-/m0/s1. The fourth-order valence-electron chi connectivity index (χ4n) is 6.53. The van der Waals surface area contributed by atoms with Crippen molar-refractivity contribution in [3.05, 3.63) is 11.6 Å². The van der Waals surface area contributed by atoms with Crippen LogP contribution < -0.4 is 16.0 Å². The van der Waals surface area contributed by atoms with E-state index in [1.807, 2.05) is 20.8 Å². The van der Waals surface area contributed by atoms with Gasteiger partial charge in [-0.1, -0.05) is 51.7 Å².